The molecule has 176 valence electrons. The molecule has 8 nitrogen and oxygen atoms in total. The van der Waals surface area contributed by atoms with Gasteiger partial charge < -0.3 is 19.0 Å². The summed E-state index contributed by atoms with van der Waals surface area (Å²) in [5.74, 6) is -0.554. The number of furan rings is 1. The smallest absolute Gasteiger partial charge is 0.302 e. The molecule has 0 spiro atoms. The Morgan fingerprint density at radius 2 is 1.94 bits per heavy atom. The molecule has 1 atom stereocenters. The van der Waals surface area contributed by atoms with Gasteiger partial charge in [0.15, 0.2) is 16.6 Å². The quantitative estimate of drug-likeness (QED) is 0.249. The Labute approximate surface area is 204 Å². The molecular weight excluding hydrogens is 468 g/mol. The summed E-state index contributed by atoms with van der Waals surface area (Å²) in [4.78, 5) is 32.5. The van der Waals surface area contributed by atoms with E-state index in [0.29, 0.717) is 41.2 Å². The number of aliphatic hydroxyl groups is 1. The Kier molecular flexibility index (Phi) is 5.07. The number of amides is 1. The van der Waals surface area contributed by atoms with E-state index < -0.39 is 17.7 Å². The summed E-state index contributed by atoms with van der Waals surface area (Å²) in [5.41, 5.74) is 2.14. The molecule has 1 amide bonds. The summed E-state index contributed by atoms with van der Waals surface area (Å²) in [6, 6.07) is 13.2. The largest absolute Gasteiger partial charge is 0.507 e. The van der Waals surface area contributed by atoms with Crippen molar-refractivity contribution in [3.05, 3.63) is 77.3 Å². The van der Waals surface area contributed by atoms with Gasteiger partial charge >= 0.3 is 5.91 Å². The number of anilines is 1. The first-order valence-corrected chi connectivity index (χ1v) is 12.0. The number of nitrogens with zero attached hydrogens (tertiary/aromatic N) is 2. The van der Waals surface area contributed by atoms with Crippen molar-refractivity contribution in [1.29, 1.82) is 0 Å². The van der Waals surface area contributed by atoms with E-state index in [1.807, 2.05) is 18.2 Å². The summed E-state index contributed by atoms with van der Waals surface area (Å²) in [7, 11) is 0. The van der Waals surface area contributed by atoms with Crippen LogP contribution in [0, 0.1) is 0 Å². The first-order valence-electron chi connectivity index (χ1n) is 11.2. The summed E-state index contributed by atoms with van der Waals surface area (Å²) in [6.07, 6.45) is 2.33. The summed E-state index contributed by atoms with van der Waals surface area (Å²) in [5, 5.41) is 11.6. The van der Waals surface area contributed by atoms with Gasteiger partial charge in [-0.3, -0.25) is 14.5 Å². The van der Waals surface area contributed by atoms with Crippen molar-refractivity contribution < 1.29 is 28.6 Å². The van der Waals surface area contributed by atoms with E-state index in [9.17, 15) is 14.7 Å². The van der Waals surface area contributed by atoms with Gasteiger partial charge in [-0.05, 0) is 54.4 Å². The zero-order valence-corrected chi connectivity index (χ0v) is 19.5. The minimum Gasteiger partial charge on any atom is -0.507 e. The van der Waals surface area contributed by atoms with Gasteiger partial charge in [-0.15, -0.1) is 0 Å². The van der Waals surface area contributed by atoms with Crippen LogP contribution >= 0.6 is 11.3 Å². The number of thiazole rings is 1. The van der Waals surface area contributed by atoms with Crippen LogP contribution in [0.1, 0.15) is 29.9 Å². The molecule has 1 N–H and O–H groups in total. The number of carbonyl (C=O) groups excluding carboxylic acids is 2. The van der Waals surface area contributed by atoms with E-state index in [1.165, 1.54) is 22.5 Å². The number of hydrogen-bond acceptors (Lipinski definition) is 8. The van der Waals surface area contributed by atoms with Crippen molar-refractivity contribution in [2.45, 2.75) is 19.4 Å². The highest BCUT2D eigenvalue weighted by molar-refractivity contribution is 7.22. The molecule has 4 aromatic rings. The molecular formula is C26H20N2O6S. The van der Waals surface area contributed by atoms with Crippen LogP contribution in [-0.4, -0.2) is 35.0 Å². The molecule has 2 aromatic heterocycles. The Bertz CT molecular complexity index is 1500. The van der Waals surface area contributed by atoms with E-state index in [-0.39, 0.29) is 11.3 Å². The zero-order valence-electron chi connectivity index (χ0n) is 18.7. The zero-order chi connectivity index (χ0) is 24.1. The number of aryl methyl sites for hydroxylation is 1. The average molecular weight is 489 g/mol. The number of aliphatic hydroxyl groups excluding tert-OH is 1. The molecule has 9 heteroatoms. The lowest BCUT2D eigenvalue weighted by molar-refractivity contribution is -0.132. The van der Waals surface area contributed by atoms with Crippen LogP contribution in [-0.2, 0) is 16.0 Å². The van der Waals surface area contributed by atoms with E-state index in [2.05, 4.69) is 11.9 Å². The van der Waals surface area contributed by atoms with Crippen LogP contribution in [0.2, 0.25) is 0 Å². The fraction of sp³-hybridized carbons (Fsp3) is 0.192. The number of ketones is 1. The van der Waals surface area contributed by atoms with E-state index in [4.69, 9.17) is 13.9 Å². The predicted molar refractivity (Wildman–Crippen MR) is 130 cm³/mol. The van der Waals surface area contributed by atoms with Crippen molar-refractivity contribution >= 4 is 44.1 Å². The number of carbonyl (C=O) groups is 2. The Morgan fingerprint density at radius 1 is 1.11 bits per heavy atom. The Hall–Kier alpha value is -4.11. The van der Waals surface area contributed by atoms with Gasteiger partial charge in [0.1, 0.15) is 30.8 Å². The third kappa shape index (κ3) is 3.47. The number of ether oxygens (including phenoxy) is 2. The number of rotatable bonds is 4. The number of Topliss-reactive ketones (excluding diaryl/α,β-unsaturated/α-hetero) is 1. The first-order chi connectivity index (χ1) is 17.0. The minimum absolute atomic E-state index is 0.0740. The molecule has 2 aliphatic rings. The molecule has 1 unspecified atom stereocenters. The molecule has 1 fully saturated rings. The van der Waals surface area contributed by atoms with Crippen LogP contribution < -0.4 is 14.4 Å². The van der Waals surface area contributed by atoms with Crippen molar-refractivity contribution in [2.75, 3.05) is 18.1 Å². The van der Waals surface area contributed by atoms with Gasteiger partial charge in [0.25, 0.3) is 5.78 Å². The molecule has 0 bridgehead atoms. The maximum absolute atomic E-state index is 13.3. The molecule has 0 saturated carbocycles. The normalized spacial score (nSPS) is 19.0. The minimum atomic E-state index is -0.968. The van der Waals surface area contributed by atoms with Gasteiger partial charge in [0, 0.05) is 5.56 Å². The Balaban J connectivity index is 1.50. The molecule has 2 aromatic carbocycles. The van der Waals surface area contributed by atoms with Crippen LogP contribution in [0.5, 0.6) is 11.5 Å². The lowest BCUT2D eigenvalue weighted by Crippen LogP contribution is -2.29. The molecule has 6 rings (SSSR count). The van der Waals surface area contributed by atoms with E-state index in [0.717, 1.165) is 22.2 Å². The summed E-state index contributed by atoms with van der Waals surface area (Å²) >= 11 is 1.32. The van der Waals surface area contributed by atoms with Crippen molar-refractivity contribution in [2.24, 2.45) is 0 Å². The van der Waals surface area contributed by atoms with Gasteiger partial charge in [0.2, 0.25) is 0 Å². The highest BCUT2D eigenvalue weighted by Gasteiger charge is 2.49. The summed E-state index contributed by atoms with van der Waals surface area (Å²) < 4.78 is 17.7. The van der Waals surface area contributed by atoms with Crippen LogP contribution in [0.25, 0.3) is 16.0 Å². The second kappa shape index (κ2) is 8.28. The average Bonchev–Trinajstić information content (AvgIpc) is 3.61. The molecule has 0 aliphatic carbocycles. The second-order valence-corrected chi connectivity index (χ2v) is 9.20. The monoisotopic (exact) mass is 488 g/mol. The van der Waals surface area contributed by atoms with Gasteiger partial charge in [-0.25, -0.2) is 4.98 Å². The second-order valence-electron chi connectivity index (χ2n) is 8.20. The highest BCUT2D eigenvalue weighted by Crippen LogP contribution is 2.45. The number of aromatic nitrogens is 1. The Morgan fingerprint density at radius 3 is 2.71 bits per heavy atom. The van der Waals surface area contributed by atoms with Crippen molar-refractivity contribution in [1.82, 2.24) is 4.98 Å². The van der Waals surface area contributed by atoms with Crippen molar-refractivity contribution in [3.8, 4) is 11.5 Å². The van der Waals surface area contributed by atoms with Gasteiger partial charge in [-0.1, -0.05) is 24.3 Å². The predicted octanol–water partition coefficient (Wildman–Crippen LogP) is 4.85. The number of hydrogen-bond donors (Lipinski definition) is 1. The SMILES string of the molecule is CCc1ccc2nc(N3C(=O)C(=O)/C(=C(/O)c4ccc5c(c4)OCCO5)C3c3ccco3)sc2c1. The molecule has 0 radical (unpaired) electrons. The van der Waals surface area contributed by atoms with Gasteiger partial charge in [-0.2, -0.15) is 0 Å². The highest BCUT2D eigenvalue weighted by atomic mass is 32.1. The molecule has 35 heavy (non-hydrogen) atoms. The third-order valence-corrected chi connectivity index (χ3v) is 7.15. The molecule has 2 aliphatic heterocycles. The van der Waals surface area contributed by atoms with E-state index in [1.54, 1.807) is 30.3 Å². The number of fused-ring (bicyclic) bond motifs is 2. The topological polar surface area (TPSA) is 102 Å². The van der Waals surface area contributed by atoms with Crippen molar-refractivity contribution in [3.63, 3.8) is 0 Å². The molecule has 4 heterocycles. The van der Waals surface area contributed by atoms with Crippen LogP contribution in [0.15, 0.2) is 64.8 Å². The summed E-state index contributed by atoms with van der Waals surface area (Å²) in [6.45, 7) is 2.88. The molecule has 1 saturated heterocycles. The van der Waals surface area contributed by atoms with Gasteiger partial charge in [0.05, 0.1) is 22.1 Å². The maximum atomic E-state index is 13.3. The maximum Gasteiger partial charge on any atom is 0.302 e. The fourth-order valence-electron chi connectivity index (χ4n) is 4.37. The lowest BCUT2D eigenvalue weighted by atomic mass is 9.99. The lowest BCUT2D eigenvalue weighted by Gasteiger charge is -2.21. The van der Waals surface area contributed by atoms with Crippen LogP contribution in [0.3, 0.4) is 0 Å². The third-order valence-electron chi connectivity index (χ3n) is 6.13. The van der Waals surface area contributed by atoms with Crippen LogP contribution in [0.4, 0.5) is 5.13 Å². The first kappa shape index (κ1) is 21.4. The standard InChI is InChI=1S/C26H20N2O6S/c1-2-14-5-7-16-20(12-14)35-26(27-16)28-22(18-4-3-9-32-18)21(24(30)25(28)31)23(29)15-6-8-17-19(13-15)34-11-10-33-17/h3-9,12-13,22,29H,2,10-11H2,1H3/b23-21+. The number of benzene rings is 2. The fourth-order valence-corrected chi connectivity index (χ4v) is 5.43. The van der Waals surface area contributed by atoms with E-state index >= 15 is 0 Å².